The van der Waals surface area contributed by atoms with Crippen molar-refractivity contribution in [3.05, 3.63) is 35.5 Å². The third-order valence-corrected chi connectivity index (χ3v) is 6.29. The molecule has 1 aliphatic rings. The van der Waals surface area contributed by atoms with Gasteiger partial charge < -0.3 is 19.3 Å². The second kappa shape index (κ2) is 8.76. The van der Waals surface area contributed by atoms with Crippen LogP contribution in [0.2, 0.25) is 0 Å². The van der Waals surface area contributed by atoms with Crippen LogP contribution in [0, 0.1) is 0 Å². The molecule has 0 saturated carbocycles. The number of thiazole rings is 1. The average Bonchev–Trinajstić information content (AvgIpc) is 3.25. The smallest absolute Gasteiger partial charge is 0.413 e. The van der Waals surface area contributed by atoms with Gasteiger partial charge in [0, 0.05) is 19.2 Å². The highest BCUT2D eigenvalue weighted by atomic mass is 32.1. The molecule has 1 aromatic carbocycles. The van der Waals surface area contributed by atoms with Gasteiger partial charge in [-0.2, -0.15) is 0 Å². The van der Waals surface area contributed by atoms with E-state index in [1.165, 1.54) is 11.3 Å². The van der Waals surface area contributed by atoms with Crippen LogP contribution in [0.5, 0.6) is 5.75 Å². The molecule has 1 unspecified atom stereocenters. The number of amides is 1. The molecule has 170 valence electrons. The number of carbonyl (C=O) groups is 1. The van der Waals surface area contributed by atoms with Crippen LogP contribution in [-0.4, -0.2) is 52.2 Å². The zero-order chi connectivity index (χ0) is 22.9. The third-order valence-electron chi connectivity index (χ3n) is 4.99. The minimum atomic E-state index is -0.809. The number of rotatable bonds is 6. The van der Waals surface area contributed by atoms with Crippen molar-refractivity contribution in [2.24, 2.45) is 0 Å². The van der Waals surface area contributed by atoms with Crippen molar-refractivity contribution >= 4 is 17.4 Å². The van der Waals surface area contributed by atoms with Crippen LogP contribution in [0.3, 0.4) is 0 Å². The molecule has 7 nitrogen and oxygen atoms in total. The lowest BCUT2D eigenvalue weighted by atomic mass is 10.0. The molecule has 0 bridgehead atoms. The summed E-state index contributed by atoms with van der Waals surface area (Å²) in [7, 11) is 0. The van der Waals surface area contributed by atoms with Crippen LogP contribution in [0.25, 0.3) is 10.4 Å². The molecule has 0 aliphatic carbocycles. The number of benzene rings is 1. The molecule has 1 atom stereocenters. The Morgan fingerprint density at radius 2 is 1.94 bits per heavy atom. The van der Waals surface area contributed by atoms with Gasteiger partial charge in [0.25, 0.3) is 0 Å². The Morgan fingerprint density at radius 3 is 2.55 bits per heavy atom. The van der Waals surface area contributed by atoms with E-state index in [1.54, 1.807) is 4.90 Å². The first-order valence-corrected chi connectivity index (χ1v) is 11.3. The van der Waals surface area contributed by atoms with Gasteiger partial charge in [-0.05, 0) is 71.4 Å². The van der Waals surface area contributed by atoms with Gasteiger partial charge in [0.1, 0.15) is 27.6 Å². The van der Waals surface area contributed by atoms with Crippen molar-refractivity contribution < 1.29 is 24.1 Å². The van der Waals surface area contributed by atoms with E-state index in [0.29, 0.717) is 19.6 Å². The van der Waals surface area contributed by atoms with E-state index in [2.05, 4.69) is 4.98 Å². The minimum Gasteiger partial charge on any atom is -0.494 e. The molecular weight excluding hydrogens is 416 g/mol. The summed E-state index contributed by atoms with van der Waals surface area (Å²) >= 11 is 1.53. The van der Waals surface area contributed by atoms with Gasteiger partial charge in [-0.15, -0.1) is 11.3 Å². The highest BCUT2D eigenvalue weighted by Crippen LogP contribution is 2.45. The quantitative estimate of drug-likeness (QED) is 0.640. The van der Waals surface area contributed by atoms with Crippen LogP contribution in [-0.2, 0) is 15.0 Å². The van der Waals surface area contributed by atoms with Crippen molar-refractivity contribution in [1.82, 2.24) is 9.88 Å². The van der Waals surface area contributed by atoms with Gasteiger partial charge in [-0.3, -0.25) is 4.90 Å². The number of carbonyl (C=O) groups excluding carboxylic acids is 1. The van der Waals surface area contributed by atoms with E-state index in [1.807, 2.05) is 72.0 Å². The van der Waals surface area contributed by atoms with Crippen LogP contribution in [0.15, 0.2) is 30.5 Å². The van der Waals surface area contributed by atoms with E-state index in [-0.39, 0.29) is 6.61 Å². The first-order valence-electron chi connectivity index (χ1n) is 10.4. The van der Waals surface area contributed by atoms with Crippen molar-refractivity contribution in [1.29, 1.82) is 0 Å². The Morgan fingerprint density at radius 1 is 1.26 bits per heavy atom. The summed E-state index contributed by atoms with van der Waals surface area (Å²) in [5.41, 5.74) is -1.13. The van der Waals surface area contributed by atoms with Gasteiger partial charge in [-0.1, -0.05) is 0 Å². The second-order valence-electron chi connectivity index (χ2n) is 9.30. The maximum atomic E-state index is 13.1. The number of nitrogens with zero attached hydrogens (tertiary/aromatic N) is 2. The van der Waals surface area contributed by atoms with Crippen molar-refractivity contribution in [3.8, 4) is 16.2 Å². The topological polar surface area (TPSA) is 81.1 Å². The molecular formula is C23H32N2O5S. The van der Waals surface area contributed by atoms with Crippen LogP contribution < -0.4 is 4.74 Å². The molecule has 1 aliphatic heterocycles. The molecule has 1 amide bonds. The van der Waals surface area contributed by atoms with Gasteiger partial charge in [0.2, 0.25) is 0 Å². The Bertz CT molecular complexity index is 903. The maximum absolute atomic E-state index is 13.1. The van der Waals surface area contributed by atoms with Crippen LogP contribution >= 0.6 is 11.3 Å². The molecule has 1 saturated heterocycles. The molecule has 1 fully saturated rings. The molecule has 1 N–H and O–H groups in total. The van der Waals surface area contributed by atoms with Gasteiger partial charge in [-0.25, -0.2) is 9.78 Å². The lowest BCUT2D eigenvalue weighted by Gasteiger charge is -2.39. The third kappa shape index (κ3) is 5.19. The Kier molecular flexibility index (Phi) is 6.64. The number of aliphatic hydroxyl groups is 1. The molecule has 8 heteroatoms. The highest BCUT2D eigenvalue weighted by Gasteiger charge is 2.55. The van der Waals surface area contributed by atoms with Crippen molar-refractivity contribution in [2.75, 3.05) is 19.8 Å². The minimum absolute atomic E-state index is 0.112. The summed E-state index contributed by atoms with van der Waals surface area (Å²) in [5, 5.41) is 9.66. The van der Waals surface area contributed by atoms with Gasteiger partial charge >= 0.3 is 6.09 Å². The number of aliphatic hydroxyl groups excluding tert-OH is 1. The Balaban J connectivity index is 1.83. The monoisotopic (exact) mass is 448 g/mol. The lowest BCUT2D eigenvalue weighted by molar-refractivity contribution is -0.0684. The van der Waals surface area contributed by atoms with Gasteiger partial charge in [0.15, 0.2) is 0 Å². The molecule has 0 spiro atoms. The molecule has 3 rings (SSSR count). The molecule has 2 heterocycles. The Labute approximate surface area is 188 Å². The molecule has 2 aromatic rings. The first kappa shape index (κ1) is 23.5. The SMILES string of the molecule is CC(C)(C)OC(=O)N1C(C)(C)OCC1(C)c1ncc(-c2ccc(OCCCO)cc2)s1. The number of ether oxygens (including phenoxy) is 3. The Hall–Kier alpha value is -2.16. The fraction of sp³-hybridized carbons (Fsp3) is 0.565. The zero-order valence-electron chi connectivity index (χ0n) is 19.1. The summed E-state index contributed by atoms with van der Waals surface area (Å²) in [6.07, 6.45) is 2.01. The van der Waals surface area contributed by atoms with Crippen LogP contribution in [0.1, 0.15) is 53.0 Å². The predicted molar refractivity (Wildman–Crippen MR) is 120 cm³/mol. The zero-order valence-corrected chi connectivity index (χ0v) is 19.9. The standard InChI is InChI=1S/C23H32N2O5S/c1-21(2,3)30-20(27)25-22(4,5)29-15-23(25,6)19-24-14-18(31-19)16-8-10-17(11-9-16)28-13-7-12-26/h8-11,14,26H,7,12-13,15H2,1-6H3. The number of hydrogen-bond acceptors (Lipinski definition) is 7. The van der Waals surface area contributed by atoms with E-state index in [9.17, 15) is 4.79 Å². The van der Waals surface area contributed by atoms with E-state index >= 15 is 0 Å². The second-order valence-corrected chi connectivity index (χ2v) is 10.3. The fourth-order valence-electron chi connectivity index (χ4n) is 3.55. The molecule has 0 radical (unpaired) electrons. The molecule has 31 heavy (non-hydrogen) atoms. The predicted octanol–water partition coefficient (Wildman–Crippen LogP) is 4.79. The summed E-state index contributed by atoms with van der Waals surface area (Å²) in [6.45, 7) is 12.2. The summed E-state index contributed by atoms with van der Waals surface area (Å²) in [6, 6.07) is 7.77. The number of aromatic nitrogens is 1. The van der Waals surface area contributed by atoms with E-state index in [0.717, 1.165) is 21.2 Å². The summed E-state index contributed by atoms with van der Waals surface area (Å²) in [5.74, 6) is 0.760. The summed E-state index contributed by atoms with van der Waals surface area (Å²) in [4.78, 5) is 20.4. The van der Waals surface area contributed by atoms with Gasteiger partial charge in [0.05, 0.1) is 18.1 Å². The maximum Gasteiger partial charge on any atom is 0.413 e. The molecule has 1 aromatic heterocycles. The van der Waals surface area contributed by atoms with E-state index < -0.39 is 23.0 Å². The summed E-state index contributed by atoms with van der Waals surface area (Å²) < 4.78 is 17.3. The van der Waals surface area contributed by atoms with Crippen molar-refractivity contribution in [3.63, 3.8) is 0 Å². The fourth-order valence-corrected chi connectivity index (χ4v) is 4.60. The van der Waals surface area contributed by atoms with Crippen LogP contribution in [0.4, 0.5) is 4.79 Å². The van der Waals surface area contributed by atoms with Crippen molar-refractivity contribution in [2.45, 2.75) is 64.8 Å². The average molecular weight is 449 g/mol. The number of hydrogen-bond donors (Lipinski definition) is 1. The normalized spacial score (nSPS) is 20.7. The lowest BCUT2D eigenvalue weighted by Crippen LogP contribution is -2.53. The largest absolute Gasteiger partial charge is 0.494 e. The first-order chi connectivity index (χ1) is 14.5. The van der Waals surface area contributed by atoms with E-state index in [4.69, 9.17) is 19.3 Å². The highest BCUT2D eigenvalue weighted by molar-refractivity contribution is 7.15.